The van der Waals surface area contributed by atoms with E-state index in [0.717, 1.165) is 5.56 Å². The second-order valence-corrected chi connectivity index (χ2v) is 7.04. The number of nitrogens with one attached hydrogen (secondary N) is 2. The summed E-state index contributed by atoms with van der Waals surface area (Å²) in [7, 11) is -3.51. The smallest absolute Gasteiger partial charge is 0.244 e. The van der Waals surface area contributed by atoms with E-state index in [2.05, 4.69) is 21.0 Å². The van der Waals surface area contributed by atoms with Crippen molar-refractivity contribution in [1.29, 1.82) is 0 Å². The summed E-state index contributed by atoms with van der Waals surface area (Å²) < 4.78 is 27.2. The average molecular weight is 307 g/mol. The third-order valence-corrected chi connectivity index (χ3v) is 5.24. The van der Waals surface area contributed by atoms with Gasteiger partial charge in [-0.3, -0.25) is 5.10 Å². The lowest BCUT2D eigenvalue weighted by atomic mass is 10.0. The van der Waals surface area contributed by atoms with Gasteiger partial charge in [0.05, 0.1) is 11.4 Å². The Hall–Kier alpha value is -1.66. The fourth-order valence-electron chi connectivity index (χ4n) is 2.46. The van der Waals surface area contributed by atoms with Crippen LogP contribution in [0.2, 0.25) is 0 Å². The normalized spacial score (nSPS) is 11.8. The zero-order valence-electron chi connectivity index (χ0n) is 12.8. The summed E-state index contributed by atoms with van der Waals surface area (Å²) in [6.45, 7) is 7.85. The van der Waals surface area contributed by atoms with Crippen LogP contribution in [0.15, 0.2) is 23.1 Å². The predicted octanol–water partition coefficient (Wildman–Crippen LogP) is 2.16. The third-order valence-electron chi connectivity index (χ3n) is 3.51. The van der Waals surface area contributed by atoms with Crippen LogP contribution < -0.4 is 4.72 Å². The third kappa shape index (κ3) is 3.51. The number of aryl methyl sites for hydroxylation is 4. The predicted molar refractivity (Wildman–Crippen MR) is 82.9 cm³/mol. The minimum absolute atomic E-state index is 0.253. The lowest BCUT2D eigenvalue weighted by Crippen LogP contribution is -2.27. The van der Waals surface area contributed by atoms with E-state index in [0.29, 0.717) is 24.4 Å². The summed E-state index contributed by atoms with van der Waals surface area (Å²) in [5.41, 5.74) is 4.60. The molecule has 0 saturated heterocycles. The van der Waals surface area contributed by atoms with E-state index < -0.39 is 10.0 Å². The summed E-state index contributed by atoms with van der Waals surface area (Å²) in [6.07, 6.45) is 0.668. The van der Waals surface area contributed by atoms with Crippen LogP contribution in [-0.4, -0.2) is 25.2 Å². The Labute approximate surface area is 125 Å². The molecule has 2 aromatic rings. The van der Waals surface area contributed by atoms with Crippen LogP contribution in [0.25, 0.3) is 0 Å². The van der Waals surface area contributed by atoms with Crippen molar-refractivity contribution >= 4 is 10.0 Å². The Morgan fingerprint density at radius 3 is 2.48 bits per heavy atom. The molecular formula is C15H21N3O2S. The quantitative estimate of drug-likeness (QED) is 0.889. The van der Waals surface area contributed by atoms with Gasteiger partial charge in [0, 0.05) is 6.54 Å². The Bertz CT molecular complexity index is 729. The molecule has 6 heteroatoms. The van der Waals surface area contributed by atoms with Crippen LogP contribution in [0.5, 0.6) is 0 Å². The van der Waals surface area contributed by atoms with Crippen LogP contribution in [0.3, 0.4) is 0 Å². The van der Waals surface area contributed by atoms with E-state index in [-0.39, 0.29) is 4.90 Å². The lowest BCUT2D eigenvalue weighted by molar-refractivity contribution is 0.580. The zero-order chi connectivity index (χ0) is 15.6. The second kappa shape index (κ2) is 5.99. The number of aromatic amines is 1. The number of rotatable bonds is 5. The number of H-pyrrole nitrogens is 1. The molecule has 0 amide bonds. The fraction of sp³-hybridized carbons (Fsp3) is 0.400. The van der Waals surface area contributed by atoms with E-state index in [4.69, 9.17) is 0 Å². The highest BCUT2D eigenvalue weighted by Gasteiger charge is 2.21. The number of hydrogen-bond donors (Lipinski definition) is 2. The summed E-state index contributed by atoms with van der Waals surface area (Å²) in [4.78, 5) is 0.253. The van der Waals surface area contributed by atoms with E-state index in [1.165, 1.54) is 11.1 Å². The Morgan fingerprint density at radius 1 is 1.19 bits per heavy atom. The van der Waals surface area contributed by atoms with Crippen molar-refractivity contribution in [2.24, 2.45) is 0 Å². The molecular weight excluding hydrogens is 286 g/mol. The number of hydrogen-bond acceptors (Lipinski definition) is 3. The van der Waals surface area contributed by atoms with Crippen molar-refractivity contribution in [2.75, 3.05) is 6.54 Å². The Morgan fingerprint density at radius 2 is 1.90 bits per heavy atom. The fourth-order valence-corrected chi connectivity index (χ4v) is 3.85. The number of aromatic nitrogens is 2. The summed E-state index contributed by atoms with van der Waals surface area (Å²) >= 11 is 0. The van der Waals surface area contributed by atoms with Crippen molar-refractivity contribution in [3.05, 3.63) is 46.3 Å². The zero-order valence-corrected chi connectivity index (χ0v) is 13.6. The molecule has 0 fully saturated rings. The highest BCUT2D eigenvalue weighted by Crippen LogP contribution is 2.16. The first-order valence-corrected chi connectivity index (χ1v) is 8.37. The van der Waals surface area contributed by atoms with Gasteiger partial charge in [-0.1, -0.05) is 23.8 Å². The first kappa shape index (κ1) is 15.7. The van der Waals surface area contributed by atoms with Gasteiger partial charge in [0.2, 0.25) is 10.0 Å². The molecule has 21 heavy (non-hydrogen) atoms. The molecule has 0 atom stereocenters. The molecule has 0 spiro atoms. The summed E-state index contributed by atoms with van der Waals surface area (Å²) in [5.74, 6) is 0. The van der Waals surface area contributed by atoms with Crippen molar-refractivity contribution in [3.63, 3.8) is 0 Å². The number of benzene rings is 1. The first-order valence-electron chi connectivity index (χ1n) is 6.88. The van der Waals surface area contributed by atoms with Gasteiger partial charge in [-0.25, -0.2) is 13.1 Å². The Balaban J connectivity index is 2.06. The molecule has 0 bridgehead atoms. The molecule has 2 N–H and O–H groups in total. The van der Waals surface area contributed by atoms with Crippen molar-refractivity contribution in [1.82, 2.24) is 14.9 Å². The van der Waals surface area contributed by atoms with Gasteiger partial charge in [-0.2, -0.15) is 5.10 Å². The molecule has 0 saturated carbocycles. The average Bonchev–Trinajstić information content (AvgIpc) is 2.72. The maximum Gasteiger partial charge on any atom is 0.244 e. The minimum Gasteiger partial charge on any atom is -0.281 e. The molecule has 114 valence electrons. The summed E-state index contributed by atoms with van der Waals surface area (Å²) in [6, 6.07) is 6.20. The van der Waals surface area contributed by atoms with Gasteiger partial charge in [0.15, 0.2) is 0 Å². The van der Waals surface area contributed by atoms with E-state index in [9.17, 15) is 8.42 Å². The van der Waals surface area contributed by atoms with Gasteiger partial charge < -0.3 is 0 Å². The van der Waals surface area contributed by atoms with Crippen LogP contribution in [0.4, 0.5) is 0 Å². The van der Waals surface area contributed by atoms with Gasteiger partial charge in [0.1, 0.15) is 4.90 Å². The summed E-state index contributed by atoms with van der Waals surface area (Å²) in [5, 5.41) is 6.63. The molecule has 0 aliphatic carbocycles. The molecule has 5 nitrogen and oxygen atoms in total. The molecule has 2 rings (SSSR count). The molecule has 0 aliphatic heterocycles. The second-order valence-electron chi connectivity index (χ2n) is 5.34. The molecule has 0 aliphatic rings. The van der Waals surface area contributed by atoms with Crippen LogP contribution >= 0.6 is 0 Å². The van der Waals surface area contributed by atoms with Crippen molar-refractivity contribution in [3.8, 4) is 0 Å². The Kier molecular flexibility index (Phi) is 4.49. The molecule has 0 radical (unpaired) electrons. The van der Waals surface area contributed by atoms with Gasteiger partial charge in [-0.05, 0) is 45.2 Å². The molecule has 1 heterocycles. The SMILES string of the molecule is Cc1ccc(CCNS(=O)(=O)c2c(C)n[nH]c2C)c(C)c1. The molecule has 1 aromatic heterocycles. The van der Waals surface area contributed by atoms with Gasteiger partial charge in [0.25, 0.3) is 0 Å². The maximum atomic E-state index is 12.3. The minimum atomic E-state index is -3.51. The van der Waals surface area contributed by atoms with E-state index >= 15 is 0 Å². The molecule has 0 unspecified atom stereocenters. The number of nitrogens with zero attached hydrogens (tertiary/aromatic N) is 1. The van der Waals surface area contributed by atoms with Crippen LogP contribution in [0, 0.1) is 27.7 Å². The monoisotopic (exact) mass is 307 g/mol. The first-order chi connectivity index (χ1) is 9.81. The van der Waals surface area contributed by atoms with Crippen molar-refractivity contribution < 1.29 is 8.42 Å². The largest absolute Gasteiger partial charge is 0.281 e. The van der Waals surface area contributed by atoms with Crippen LogP contribution in [-0.2, 0) is 16.4 Å². The molecule has 1 aromatic carbocycles. The van der Waals surface area contributed by atoms with Gasteiger partial charge in [-0.15, -0.1) is 0 Å². The number of sulfonamides is 1. The van der Waals surface area contributed by atoms with E-state index in [1.54, 1.807) is 13.8 Å². The highest BCUT2D eigenvalue weighted by atomic mass is 32.2. The van der Waals surface area contributed by atoms with E-state index in [1.807, 2.05) is 26.0 Å². The lowest BCUT2D eigenvalue weighted by Gasteiger charge is -2.09. The standard InChI is InChI=1S/C15H21N3O2S/c1-10-5-6-14(11(2)9-10)7-8-16-21(19,20)15-12(3)17-18-13(15)4/h5-6,9,16H,7-8H2,1-4H3,(H,17,18). The topological polar surface area (TPSA) is 74.8 Å². The van der Waals surface area contributed by atoms with Crippen molar-refractivity contribution in [2.45, 2.75) is 39.0 Å². The van der Waals surface area contributed by atoms with Crippen LogP contribution in [0.1, 0.15) is 28.1 Å². The van der Waals surface area contributed by atoms with Gasteiger partial charge >= 0.3 is 0 Å². The maximum absolute atomic E-state index is 12.3. The highest BCUT2D eigenvalue weighted by molar-refractivity contribution is 7.89.